The van der Waals surface area contributed by atoms with E-state index in [0.29, 0.717) is 5.92 Å². The third-order valence-electron chi connectivity index (χ3n) is 3.95. The lowest BCUT2D eigenvalue weighted by atomic mass is 9.94. The fraction of sp³-hybridized carbons (Fsp3) is 0.300. The summed E-state index contributed by atoms with van der Waals surface area (Å²) in [6.07, 6.45) is 1.19. The maximum Gasteiger partial charge on any atom is -0.0103 e. The number of hydrogen-bond donors (Lipinski definition) is 0. The maximum absolute atomic E-state index is 2.37. The van der Waals surface area contributed by atoms with Crippen LogP contribution in [0, 0.1) is 0 Å². The van der Waals surface area contributed by atoms with Gasteiger partial charge in [-0.1, -0.05) is 82.3 Å². The standard InChI is InChI=1S/C18H18.C2H6/c1-3-13(2)16-11-10-15-9-8-14-6-4-5-7-17(14)18(15)12-16;1-2/h4-13H,3H2,1-2H3;1-2H3. The lowest BCUT2D eigenvalue weighted by Crippen LogP contribution is -1.91. The van der Waals surface area contributed by atoms with E-state index in [1.165, 1.54) is 33.5 Å². The summed E-state index contributed by atoms with van der Waals surface area (Å²) in [5, 5.41) is 5.40. The van der Waals surface area contributed by atoms with Crippen LogP contribution >= 0.6 is 0 Å². The van der Waals surface area contributed by atoms with Gasteiger partial charge in [-0.25, -0.2) is 0 Å². The normalized spacial score (nSPS) is 12.0. The molecule has 0 amide bonds. The second-order valence-electron chi connectivity index (χ2n) is 5.08. The van der Waals surface area contributed by atoms with Crippen LogP contribution < -0.4 is 0 Å². The van der Waals surface area contributed by atoms with Gasteiger partial charge in [0.15, 0.2) is 0 Å². The topological polar surface area (TPSA) is 0 Å². The molecule has 0 aliphatic carbocycles. The van der Waals surface area contributed by atoms with E-state index >= 15 is 0 Å². The Morgan fingerprint density at radius 1 is 0.800 bits per heavy atom. The van der Waals surface area contributed by atoms with Gasteiger partial charge in [0.05, 0.1) is 0 Å². The molecule has 3 rings (SSSR count). The van der Waals surface area contributed by atoms with Crippen molar-refractivity contribution in [3.63, 3.8) is 0 Å². The molecule has 0 radical (unpaired) electrons. The van der Waals surface area contributed by atoms with Crippen LogP contribution in [0.3, 0.4) is 0 Å². The Morgan fingerprint density at radius 3 is 2.10 bits per heavy atom. The molecule has 3 aromatic rings. The van der Waals surface area contributed by atoms with E-state index in [1.807, 2.05) is 13.8 Å². The molecule has 0 saturated heterocycles. The van der Waals surface area contributed by atoms with Gasteiger partial charge in [-0.05, 0) is 39.4 Å². The van der Waals surface area contributed by atoms with Crippen molar-refractivity contribution >= 4 is 21.5 Å². The first-order valence-electron chi connectivity index (χ1n) is 7.71. The molecule has 0 bridgehead atoms. The monoisotopic (exact) mass is 264 g/mol. The highest BCUT2D eigenvalue weighted by Crippen LogP contribution is 2.29. The lowest BCUT2D eigenvalue weighted by Gasteiger charge is -2.11. The van der Waals surface area contributed by atoms with E-state index < -0.39 is 0 Å². The zero-order valence-corrected chi connectivity index (χ0v) is 13.0. The van der Waals surface area contributed by atoms with E-state index in [9.17, 15) is 0 Å². The molecular formula is C20H24. The molecule has 0 spiro atoms. The number of rotatable bonds is 2. The molecule has 1 unspecified atom stereocenters. The Labute approximate surface area is 122 Å². The predicted octanol–water partition coefficient (Wildman–Crippen LogP) is 6.53. The van der Waals surface area contributed by atoms with Gasteiger partial charge in [-0.3, -0.25) is 0 Å². The molecule has 0 N–H and O–H groups in total. The van der Waals surface area contributed by atoms with Crippen LogP contribution in [0.4, 0.5) is 0 Å². The molecule has 0 aromatic heterocycles. The summed E-state index contributed by atoms with van der Waals surface area (Å²) in [6, 6.07) is 20.0. The molecule has 0 fully saturated rings. The van der Waals surface area contributed by atoms with Gasteiger partial charge in [0, 0.05) is 0 Å². The fourth-order valence-corrected chi connectivity index (χ4v) is 2.56. The molecule has 20 heavy (non-hydrogen) atoms. The molecule has 0 heteroatoms. The molecule has 0 aliphatic heterocycles. The van der Waals surface area contributed by atoms with Gasteiger partial charge in [0.1, 0.15) is 0 Å². The molecule has 0 saturated carbocycles. The van der Waals surface area contributed by atoms with Gasteiger partial charge in [0.25, 0.3) is 0 Å². The van der Waals surface area contributed by atoms with Gasteiger partial charge < -0.3 is 0 Å². The molecule has 3 aromatic carbocycles. The summed E-state index contributed by atoms with van der Waals surface area (Å²) in [5.74, 6) is 0.633. The van der Waals surface area contributed by atoms with Crippen LogP contribution in [0.5, 0.6) is 0 Å². The minimum atomic E-state index is 0.633. The minimum absolute atomic E-state index is 0.633. The summed E-state index contributed by atoms with van der Waals surface area (Å²) in [4.78, 5) is 0. The molecule has 1 atom stereocenters. The molecule has 0 heterocycles. The molecular weight excluding hydrogens is 240 g/mol. The number of hydrogen-bond acceptors (Lipinski definition) is 0. The second kappa shape index (κ2) is 6.56. The van der Waals surface area contributed by atoms with E-state index in [4.69, 9.17) is 0 Å². The SMILES string of the molecule is CC.CCC(C)c1ccc2ccc3ccccc3c2c1. The first-order chi connectivity index (χ1) is 9.79. The van der Waals surface area contributed by atoms with Crippen molar-refractivity contribution in [2.45, 2.75) is 40.0 Å². The van der Waals surface area contributed by atoms with Crippen molar-refractivity contribution in [2.24, 2.45) is 0 Å². The number of fused-ring (bicyclic) bond motifs is 3. The van der Waals surface area contributed by atoms with Crippen molar-refractivity contribution in [3.05, 3.63) is 60.2 Å². The Hall–Kier alpha value is -1.82. The molecule has 0 aliphatic rings. The van der Waals surface area contributed by atoms with Crippen molar-refractivity contribution in [3.8, 4) is 0 Å². The largest absolute Gasteiger partial charge is 0.0683 e. The number of benzene rings is 3. The van der Waals surface area contributed by atoms with Gasteiger partial charge in [-0.15, -0.1) is 0 Å². The van der Waals surface area contributed by atoms with Gasteiger partial charge >= 0.3 is 0 Å². The fourth-order valence-electron chi connectivity index (χ4n) is 2.56. The summed E-state index contributed by atoms with van der Waals surface area (Å²) in [6.45, 7) is 8.55. The first kappa shape index (κ1) is 14.6. The Kier molecular flexibility index (Phi) is 4.79. The Balaban J connectivity index is 0.000000704. The highest BCUT2D eigenvalue weighted by atomic mass is 14.1. The van der Waals surface area contributed by atoms with E-state index in [-0.39, 0.29) is 0 Å². The van der Waals surface area contributed by atoms with Crippen LogP contribution in [0.15, 0.2) is 54.6 Å². The summed E-state index contributed by atoms with van der Waals surface area (Å²) >= 11 is 0. The lowest BCUT2D eigenvalue weighted by molar-refractivity contribution is 0.735. The van der Waals surface area contributed by atoms with Crippen LogP contribution in [-0.4, -0.2) is 0 Å². The Morgan fingerprint density at radius 2 is 1.40 bits per heavy atom. The van der Waals surface area contributed by atoms with Crippen molar-refractivity contribution in [1.29, 1.82) is 0 Å². The van der Waals surface area contributed by atoms with Crippen LogP contribution in [-0.2, 0) is 0 Å². The quantitative estimate of drug-likeness (QED) is 0.461. The molecule has 104 valence electrons. The minimum Gasteiger partial charge on any atom is -0.0683 e. The van der Waals surface area contributed by atoms with Crippen molar-refractivity contribution < 1.29 is 0 Å². The Bertz CT molecular complexity index is 695. The summed E-state index contributed by atoms with van der Waals surface area (Å²) < 4.78 is 0. The zero-order chi connectivity index (χ0) is 14.5. The van der Waals surface area contributed by atoms with E-state index in [0.717, 1.165) is 0 Å². The predicted molar refractivity (Wildman–Crippen MR) is 91.5 cm³/mol. The van der Waals surface area contributed by atoms with Crippen LogP contribution in [0.25, 0.3) is 21.5 Å². The van der Waals surface area contributed by atoms with E-state index in [1.54, 1.807) is 0 Å². The van der Waals surface area contributed by atoms with Crippen LogP contribution in [0.1, 0.15) is 45.6 Å². The highest BCUT2D eigenvalue weighted by Gasteiger charge is 2.05. The van der Waals surface area contributed by atoms with Crippen molar-refractivity contribution in [1.82, 2.24) is 0 Å². The zero-order valence-electron chi connectivity index (χ0n) is 13.0. The van der Waals surface area contributed by atoms with Gasteiger partial charge in [-0.2, -0.15) is 0 Å². The average molecular weight is 264 g/mol. The second-order valence-corrected chi connectivity index (χ2v) is 5.08. The first-order valence-corrected chi connectivity index (χ1v) is 7.71. The highest BCUT2D eigenvalue weighted by molar-refractivity contribution is 6.07. The molecule has 0 nitrogen and oxygen atoms in total. The third-order valence-corrected chi connectivity index (χ3v) is 3.95. The summed E-state index contributed by atoms with van der Waals surface area (Å²) in [7, 11) is 0. The third kappa shape index (κ3) is 2.70. The average Bonchev–Trinajstić information content (AvgIpc) is 2.55. The van der Waals surface area contributed by atoms with Crippen LogP contribution in [0.2, 0.25) is 0 Å². The van der Waals surface area contributed by atoms with Crippen molar-refractivity contribution in [2.75, 3.05) is 0 Å². The maximum atomic E-state index is 2.37. The van der Waals surface area contributed by atoms with Gasteiger partial charge in [0.2, 0.25) is 0 Å². The van der Waals surface area contributed by atoms with E-state index in [2.05, 4.69) is 68.4 Å². The smallest absolute Gasteiger partial charge is 0.0103 e. The summed E-state index contributed by atoms with van der Waals surface area (Å²) in [5.41, 5.74) is 1.45.